The van der Waals surface area contributed by atoms with Crippen molar-refractivity contribution in [2.24, 2.45) is 0 Å². The molecule has 0 spiro atoms. The van der Waals surface area contributed by atoms with Gasteiger partial charge >= 0.3 is 0 Å². The number of benzene rings is 1. The molecule has 0 radical (unpaired) electrons. The van der Waals surface area contributed by atoms with Crippen LogP contribution < -0.4 is 0 Å². The molecule has 1 atom stereocenters. The molecule has 0 saturated carbocycles. The highest BCUT2D eigenvalue weighted by molar-refractivity contribution is 8.01. The molecular formula is C10H11FS. The van der Waals surface area contributed by atoms with E-state index in [1.54, 1.807) is 12.1 Å². The fourth-order valence-corrected chi connectivity index (χ4v) is 2.56. The minimum absolute atomic E-state index is 0.124. The van der Waals surface area contributed by atoms with Crippen molar-refractivity contribution in [3.05, 3.63) is 35.6 Å². The van der Waals surface area contributed by atoms with Crippen LogP contribution in [0.25, 0.3) is 0 Å². The SMILES string of the molecule is CC1(c2cccc(F)c2)CCS1. The van der Waals surface area contributed by atoms with Gasteiger partial charge in [-0.3, -0.25) is 0 Å². The molecule has 0 amide bonds. The van der Waals surface area contributed by atoms with Crippen LogP contribution in [0, 0.1) is 5.82 Å². The predicted octanol–water partition coefficient (Wildman–Crippen LogP) is 3.18. The monoisotopic (exact) mass is 182 g/mol. The van der Waals surface area contributed by atoms with Crippen LogP contribution in [0.15, 0.2) is 24.3 Å². The Balaban J connectivity index is 2.33. The summed E-state index contributed by atoms with van der Waals surface area (Å²) in [6.45, 7) is 2.18. The maximum absolute atomic E-state index is 12.8. The van der Waals surface area contributed by atoms with Crippen molar-refractivity contribution in [1.82, 2.24) is 0 Å². The minimum Gasteiger partial charge on any atom is -0.207 e. The zero-order valence-electron chi connectivity index (χ0n) is 7.01. The van der Waals surface area contributed by atoms with Crippen molar-refractivity contribution in [3.8, 4) is 0 Å². The Morgan fingerprint density at radius 3 is 2.75 bits per heavy atom. The first-order valence-corrected chi connectivity index (χ1v) is 5.09. The van der Waals surface area contributed by atoms with E-state index in [1.165, 1.54) is 18.2 Å². The number of hydrogen-bond acceptors (Lipinski definition) is 1. The first kappa shape index (κ1) is 8.11. The first-order chi connectivity index (χ1) is 5.71. The van der Waals surface area contributed by atoms with E-state index in [0.717, 1.165) is 5.56 Å². The Morgan fingerprint density at radius 1 is 1.50 bits per heavy atom. The maximum Gasteiger partial charge on any atom is 0.123 e. The highest BCUT2D eigenvalue weighted by Gasteiger charge is 2.34. The third-order valence-corrected chi connectivity index (χ3v) is 3.92. The van der Waals surface area contributed by atoms with Gasteiger partial charge in [0.15, 0.2) is 0 Å². The van der Waals surface area contributed by atoms with Crippen LogP contribution in [0.2, 0.25) is 0 Å². The molecule has 1 saturated heterocycles. The average molecular weight is 182 g/mol. The van der Waals surface area contributed by atoms with Crippen molar-refractivity contribution < 1.29 is 4.39 Å². The third kappa shape index (κ3) is 1.24. The standard InChI is InChI=1S/C10H11FS/c1-10(5-6-12-10)8-3-2-4-9(11)7-8/h2-4,7H,5-6H2,1H3. The number of halogens is 1. The van der Waals surface area contributed by atoms with E-state index in [-0.39, 0.29) is 10.6 Å². The van der Waals surface area contributed by atoms with Crippen LogP contribution >= 0.6 is 11.8 Å². The highest BCUT2D eigenvalue weighted by atomic mass is 32.2. The molecule has 1 fully saturated rings. The van der Waals surface area contributed by atoms with Gasteiger partial charge in [0.2, 0.25) is 0 Å². The topological polar surface area (TPSA) is 0 Å². The summed E-state index contributed by atoms with van der Waals surface area (Å²) in [4.78, 5) is 0. The lowest BCUT2D eigenvalue weighted by atomic mass is 9.96. The average Bonchev–Trinajstić information content (AvgIpc) is 2.00. The van der Waals surface area contributed by atoms with E-state index in [2.05, 4.69) is 6.92 Å². The van der Waals surface area contributed by atoms with Crippen molar-refractivity contribution in [3.63, 3.8) is 0 Å². The Labute approximate surface area is 76.2 Å². The summed E-state index contributed by atoms with van der Waals surface area (Å²) in [7, 11) is 0. The van der Waals surface area contributed by atoms with Crippen LogP contribution in [0.5, 0.6) is 0 Å². The van der Waals surface area contributed by atoms with E-state index >= 15 is 0 Å². The summed E-state index contributed by atoms with van der Waals surface area (Å²) >= 11 is 1.90. The van der Waals surface area contributed by atoms with Gasteiger partial charge in [-0.1, -0.05) is 12.1 Å². The molecule has 12 heavy (non-hydrogen) atoms. The molecule has 0 bridgehead atoms. The molecule has 1 aliphatic heterocycles. The van der Waals surface area contributed by atoms with Gasteiger partial charge in [0.1, 0.15) is 5.82 Å². The van der Waals surface area contributed by atoms with Crippen LogP contribution in [-0.2, 0) is 4.75 Å². The molecule has 1 heterocycles. The molecule has 1 unspecified atom stereocenters. The molecule has 0 aromatic heterocycles. The summed E-state index contributed by atoms with van der Waals surface area (Å²) < 4.78 is 13.0. The molecule has 1 aliphatic rings. The lowest BCUT2D eigenvalue weighted by Gasteiger charge is -2.38. The smallest absolute Gasteiger partial charge is 0.123 e. The normalized spacial score (nSPS) is 28.2. The summed E-state index contributed by atoms with van der Waals surface area (Å²) in [6.07, 6.45) is 1.17. The Bertz CT molecular complexity index is 292. The lowest BCUT2D eigenvalue weighted by molar-refractivity contribution is 0.597. The van der Waals surface area contributed by atoms with Crippen molar-refractivity contribution >= 4 is 11.8 Å². The van der Waals surface area contributed by atoms with Gasteiger partial charge in [-0.25, -0.2) is 4.39 Å². The number of thioether (sulfide) groups is 1. The van der Waals surface area contributed by atoms with E-state index in [1.807, 2.05) is 17.8 Å². The second kappa shape index (κ2) is 2.77. The van der Waals surface area contributed by atoms with Gasteiger partial charge < -0.3 is 0 Å². The summed E-state index contributed by atoms with van der Waals surface area (Å²) in [6, 6.07) is 6.94. The summed E-state index contributed by atoms with van der Waals surface area (Å²) in [5.74, 6) is 1.08. The molecule has 64 valence electrons. The second-order valence-corrected chi connectivity index (χ2v) is 4.94. The van der Waals surface area contributed by atoms with E-state index in [0.29, 0.717) is 0 Å². The first-order valence-electron chi connectivity index (χ1n) is 4.11. The third-order valence-electron chi connectivity index (χ3n) is 2.44. The number of rotatable bonds is 1. The van der Waals surface area contributed by atoms with Crippen LogP contribution in [0.1, 0.15) is 18.9 Å². The van der Waals surface area contributed by atoms with Crippen LogP contribution in [0.3, 0.4) is 0 Å². The van der Waals surface area contributed by atoms with Gasteiger partial charge in [0, 0.05) is 4.75 Å². The fraction of sp³-hybridized carbons (Fsp3) is 0.400. The second-order valence-electron chi connectivity index (χ2n) is 3.34. The van der Waals surface area contributed by atoms with Crippen LogP contribution in [-0.4, -0.2) is 5.75 Å². The summed E-state index contributed by atoms with van der Waals surface area (Å²) in [5.41, 5.74) is 1.12. The Hall–Kier alpha value is -0.500. The van der Waals surface area contributed by atoms with E-state index < -0.39 is 0 Å². The zero-order valence-corrected chi connectivity index (χ0v) is 7.83. The maximum atomic E-state index is 12.8. The number of hydrogen-bond donors (Lipinski definition) is 0. The molecule has 1 aromatic rings. The van der Waals surface area contributed by atoms with Gasteiger partial charge in [-0.05, 0) is 36.8 Å². The van der Waals surface area contributed by atoms with Crippen molar-refractivity contribution in [2.45, 2.75) is 18.1 Å². The minimum atomic E-state index is -0.124. The molecule has 0 aliphatic carbocycles. The fourth-order valence-electron chi connectivity index (χ4n) is 1.45. The van der Waals surface area contributed by atoms with E-state index in [4.69, 9.17) is 0 Å². The molecule has 1 aromatic carbocycles. The molecule has 0 N–H and O–H groups in total. The van der Waals surface area contributed by atoms with Gasteiger partial charge in [-0.15, -0.1) is 0 Å². The lowest BCUT2D eigenvalue weighted by Crippen LogP contribution is -2.27. The highest BCUT2D eigenvalue weighted by Crippen LogP contribution is 2.48. The molecule has 2 heteroatoms. The van der Waals surface area contributed by atoms with Crippen molar-refractivity contribution in [1.29, 1.82) is 0 Å². The summed E-state index contributed by atoms with van der Waals surface area (Å²) in [5, 5.41) is 0. The molecular weight excluding hydrogens is 171 g/mol. The quantitative estimate of drug-likeness (QED) is 0.642. The molecule has 0 nitrogen and oxygen atoms in total. The van der Waals surface area contributed by atoms with Gasteiger partial charge in [0.25, 0.3) is 0 Å². The van der Waals surface area contributed by atoms with E-state index in [9.17, 15) is 4.39 Å². The predicted molar refractivity (Wildman–Crippen MR) is 50.8 cm³/mol. The largest absolute Gasteiger partial charge is 0.207 e. The Morgan fingerprint density at radius 2 is 2.25 bits per heavy atom. The van der Waals surface area contributed by atoms with Gasteiger partial charge in [-0.2, -0.15) is 11.8 Å². The van der Waals surface area contributed by atoms with Crippen molar-refractivity contribution in [2.75, 3.05) is 5.75 Å². The zero-order chi connectivity index (χ0) is 8.60. The van der Waals surface area contributed by atoms with Gasteiger partial charge in [0.05, 0.1) is 0 Å². The Kier molecular flexibility index (Phi) is 1.87. The van der Waals surface area contributed by atoms with Crippen LogP contribution in [0.4, 0.5) is 4.39 Å². The molecule has 2 rings (SSSR count).